The Kier molecular flexibility index (Phi) is 4.78. The van der Waals surface area contributed by atoms with Crippen molar-refractivity contribution < 1.29 is 9.13 Å². The summed E-state index contributed by atoms with van der Waals surface area (Å²) in [5, 5.41) is 3.38. The van der Waals surface area contributed by atoms with E-state index in [1.807, 2.05) is 6.07 Å². The Labute approximate surface area is 115 Å². The maximum absolute atomic E-state index is 13.3. The second kappa shape index (κ2) is 6.34. The molecule has 0 saturated heterocycles. The molecule has 1 N–H and O–H groups in total. The van der Waals surface area contributed by atoms with Gasteiger partial charge >= 0.3 is 0 Å². The summed E-state index contributed by atoms with van der Waals surface area (Å²) in [6.45, 7) is 3.64. The highest BCUT2D eigenvalue weighted by molar-refractivity contribution is 9.10. The van der Waals surface area contributed by atoms with Crippen LogP contribution in [0.4, 0.5) is 4.39 Å². The van der Waals surface area contributed by atoms with Crippen molar-refractivity contribution in [2.45, 2.75) is 25.8 Å². The molecule has 1 unspecified atom stereocenters. The third-order valence-electron chi connectivity index (χ3n) is 2.93. The number of benzene rings is 1. The van der Waals surface area contributed by atoms with Crippen LogP contribution in [0.15, 0.2) is 34.5 Å². The number of hydrogen-bond acceptors (Lipinski definition) is 2. The fourth-order valence-corrected chi connectivity index (χ4v) is 2.45. The molecule has 0 fully saturated rings. The zero-order valence-electron chi connectivity index (χ0n) is 10.4. The van der Waals surface area contributed by atoms with E-state index in [2.05, 4.69) is 34.2 Å². The highest BCUT2D eigenvalue weighted by Crippen LogP contribution is 2.28. The van der Waals surface area contributed by atoms with Crippen LogP contribution in [0.5, 0.6) is 0 Å². The first-order valence-electron chi connectivity index (χ1n) is 6.23. The molecule has 0 spiro atoms. The Morgan fingerprint density at radius 2 is 2.33 bits per heavy atom. The third kappa shape index (κ3) is 3.12. The monoisotopic (exact) mass is 313 g/mol. The topological polar surface area (TPSA) is 21.3 Å². The maximum atomic E-state index is 13.3. The SMILES string of the molecule is CCNC(C1=CCCCO1)c1ccc(F)c(Br)c1. The number of nitrogens with one attached hydrogen (secondary N) is 1. The molecule has 2 nitrogen and oxygen atoms in total. The van der Waals surface area contributed by atoms with Crippen LogP contribution in [0.3, 0.4) is 0 Å². The van der Waals surface area contributed by atoms with Crippen molar-refractivity contribution in [3.63, 3.8) is 0 Å². The molecule has 18 heavy (non-hydrogen) atoms. The molecule has 4 heteroatoms. The van der Waals surface area contributed by atoms with Crippen molar-refractivity contribution >= 4 is 15.9 Å². The summed E-state index contributed by atoms with van der Waals surface area (Å²) in [4.78, 5) is 0. The summed E-state index contributed by atoms with van der Waals surface area (Å²) >= 11 is 3.23. The van der Waals surface area contributed by atoms with E-state index in [9.17, 15) is 4.39 Å². The minimum absolute atomic E-state index is 0.00667. The van der Waals surface area contributed by atoms with Gasteiger partial charge in [0.05, 0.1) is 17.1 Å². The van der Waals surface area contributed by atoms with E-state index in [0.717, 1.165) is 37.3 Å². The van der Waals surface area contributed by atoms with Crippen molar-refractivity contribution in [3.8, 4) is 0 Å². The Hall–Kier alpha value is -0.870. The van der Waals surface area contributed by atoms with Crippen molar-refractivity contribution in [1.29, 1.82) is 0 Å². The van der Waals surface area contributed by atoms with Gasteiger partial charge < -0.3 is 10.1 Å². The van der Waals surface area contributed by atoms with Gasteiger partial charge in [-0.15, -0.1) is 0 Å². The second-order valence-electron chi connectivity index (χ2n) is 4.26. The number of hydrogen-bond donors (Lipinski definition) is 1. The molecule has 1 aromatic rings. The largest absolute Gasteiger partial charge is 0.496 e. The van der Waals surface area contributed by atoms with Crippen LogP contribution in [0, 0.1) is 5.82 Å². The minimum atomic E-state index is -0.243. The van der Waals surface area contributed by atoms with E-state index in [-0.39, 0.29) is 11.9 Å². The highest BCUT2D eigenvalue weighted by atomic mass is 79.9. The maximum Gasteiger partial charge on any atom is 0.137 e. The zero-order chi connectivity index (χ0) is 13.0. The molecule has 1 atom stereocenters. The summed E-state index contributed by atoms with van der Waals surface area (Å²) < 4.78 is 19.5. The molecule has 1 aromatic carbocycles. The quantitative estimate of drug-likeness (QED) is 0.909. The normalized spacial score (nSPS) is 16.9. The van der Waals surface area contributed by atoms with Gasteiger partial charge in [0, 0.05) is 0 Å². The van der Waals surface area contributed by atoms with Crippen molar-refractivity contribution in [3.05, 3.63) is 45.9 Å². The van der Waals surface area contributed by atoms with Crippen LogP contribution in [-0.2, 0) is 4.74 Å². The first kappa shape index (κ1) is 13.6. The van der Waals surface area contributed by atoms with Crippen LogP contribution in [0.25, 0.3) is 0 Å². The molecule has 0 aliphatic carbocycles. The summed E-state index contributed by atoms with van der Waals surface area (Å²) in [5.41, 5.74) is 1.01. The molecule has 2 rings (SSSR count). The van der Waals surface area contributed by atoms with Gasteiger partial charge in [0.1, 0.15) is 11.6 Å². The van der Waals surface area contributed by atoms with E-state index in [1.54, 1.807) is 6.07 Å². The van der Waals surface area contributed by atoms with Crippen LogP contribution >= 0.6 is 15.9 Å². The molecule has 0 radical (unpaired) electrons. The first-order valence-corrected chi connectivity index (χ1v) is 7.03. The molecular formula is C14H17BrFNO. The lowest BCUT2D eigenvalue weighted by Crippen LogP contribution is -2.25. The van der Waals surface area contributed by atoms with Crippen LogP contribution < -0.4 is 5.32 Å². The molecule has 0 saturated carbocycles. The van der Waals surface area contributed by atoms with Gasteiger partial charge in [0.2, 0.25) is 0 Å². The van der Waals surface area contributed by atoms with E-state index in [1.165, 1.54) is 6.07 Å². The van der Waals surface area contributed by atoms with Gasteiger partial charge in [-0.1, -0.05) is 13.0 Å². The predicted molar refractivity (Wildman–Crippen MR) is 73.8 cm³/mol. The Balaban J connectivity index is 2.28. The molecule has 1 heterocycles. The average molecular weight is 314 g/mol. The second-order valence-corrected chi connectivity index (χ2v) is 5.12. The molecule has 1 aliphatic rings. The lowest BCUT2D eigenvalue weighted by Gasteiger charge is -2.25. The minimum Gasteiger partial charge on any atom is -0.496 e. The number of rotatable bonds is 4. The van der Waals surface area contributed by atoms with E-state index in [4.69, 9.17) is 4.74 Å². The fraction of sp³-hybridized carbons (Fsp3) is 0.429. The van der Waals surface area contributed by atoms with Gasteiger partial charge in [-0.3, -0.25) is 0 Å². The summed E-state index contributed by atoms with van der Waals surface area (Å²) in [6, 6.07) is 5.09. The summed E-state index contributed by atoms with van der Waals surface area (Å²) in [6.07, 6.45) is 4.23. The van der Waals surface area contributed by atoms with Crippen molar-refractivity contribution in [2.75, 3.05) is 13.2 Å². The first-order chi connectivity index (χ1) is 8.72. The number of allylic oxidation sites excluding steroid dienone is 1. The number of ether oxygens (including phenoxy) is 1. The van der Waals surface area contributed by atoms with Crippen LogP contribution in [0.2, 0.25) is 0 Å². The Morgan fingerprint density at radius 3 is 2.94 bits per heavy atom. The Morgan fingerprint density at radius 1 is 1.50 bits per heavy atom. The van der Waals surface area contributed by atoms with Crippen LogP contribution in [-0.4, -0.2) is 13.2 Å². The predicted octanol–water partition coefficient (Wildman–Crippen LogP) is 3.93. The smallest absolute Gasteiger partial charge is 0.137 e. The zero-order valence-corrected chi connectivity index (χ0v) is 12.0. The average Bonchev–Trinajstić information content (AvgIpc) is 2.40. The van der Waals surface area contributed by atoms with Gasteiger partial charge in [-0.05, 0) is 59.1 Å². The van der Waals surface area contributed by atoms with E-state index >= 15 is 0 Å². The summed E-state index contributed by atoms with van der Waals surface area (Å²) in [7, 11) is 0. The highest BCUT2D eigenvalue weighted by Gasteiger charge is 2.19. The standard InChI is InChI=1S/C14H17BrFNO/c1-2-17-14(13-5-3-4-8-18-13)10-6-7-12(16)11(15)9-10/h5-7,9,14,17H,2-4,8H2,1H3. The number of halogens is 2. The van der Waals surface area contributed by atoms with Gasteiger partial charge in [-0.25, -0.2) is 4.39 Å². The van der Waals surface area contributed by atoms with Crippen LogP contribution in [0.1, 0.15) is 31.4 Å². The molecule has 1 aliphatic heterocycles. The van der Waals surface area contributed by atoms with E-state index in [0.29, 0.717) is 4.47 Å². The van der Waals surface area contributed by atoms with Gasteiger partial charge in [0.25, 0.3) is 0 Å². The molecule has 0 aromatic heterocycles. The van der Waals surface area contributed by atoms with E-state index < -0.39 is 0 Å². The summed E-state index contributed by atoms with van der Waals surface area (Å²) in [5.74, 6) is 0.703. The molecule has 98 valence electrons. The molecular weight excluding hydrogens is 297 g/mol. The Bertz CT molecular complexity index is 447. The lowest BCUT2D eigenvalue weighted by atomic mass is 10.0. The van der Waals surface area contributed by atoms with Crippen molar-refractivity contribution in [2.24, 2.45) is 0 Å². The van der Waals surface area contributed by atoms with Crippen molar-refractivity contribution in [1.82, 2.24) is 5.32 Å². The fourth-order valence-electron chi connectivity index (χ4n) is 2.06. The third-order valence-corrected chi connectivity index (χ3v) is 3.54. The molecule has 0 amide bonds. The lowest BCUT2D eigenvalue weighted by molar-refractivity contribution is 0.168. The molecule has 0 bridgehead atoms. The van der Waals surface area contributed by atoms with Gasteiger partial charge in [-0.2, -0.15) is 0 Å². The van der Waals surface area contributed by atoms with Gasteiger partial charge in [0.15, 0.2) is 0 Å². The number of likely N-dealkylation sites (N-methyl/N-ethyl adjacent to an activating group) is 1.